The van der Waals surface area contributed by atoms with Crippen LogP contribution in [0.3, 0.4) is 0 Å². The molecule has 0 spiro atoms. The standard InChI is InChI=1S/C26H16F8N4/c1-12-11-35-22-17(9-14(27)10-19(22)28)21(12)37-24-16-4-2-3-5-20(16)36-23(38-24)15-7-6-13(25(29,30)31)8-18(15)26(32,33)34/h2-10,35H,11H2,1H3,(H,36,37,38). The molecule has 0 aliphatic carbocycles. The summed E-state index contributed by atoms with van der Waals surface area (Å²) in [6, 6.07) is 9.32. The van der Waals surface area contributed by atoms with E-state index in [1.54, 1.807) is 25.1 Å². The molecule has 0 fully saturated rings. The summed E-state index contributed by atoms with van der Waals surface area (Å²) in [5, 5.41) is 6.20. The van der Waals surface area contributed by atoms with Crippen LogP contribution in [0.2, 0.25) is 0 Å². The molecule has 3 aromatic carbocycles. The number of nitrogens with zero attached hydrogens (tertiary/aromatic N) is 2. The van der Waals surface area contributed by atoms with Crippen LogP contribution in [0, 0.1) is 11.6 Å². The van der Waals surface area contributed by atoms with Crippen LogP contribution in [0.15, 0.2) is 60.2 Å². The van der Waals surface area contributed by atoms with Crippen molar-refractivity contribution in [2.24, 2.45) is 0 Å². The van der Waals surface area contributed by atoms with Crippen LogP contribution in [0.5, 0.6) is 0 Å². The van der Waals surface area contributed by atoms with Gasteiger partial charge in [-0.15, -0.1) is 0 Å². The third kappa shape index (κ3) is 4.61. The second-order valence-corrected chi connectivity index (χ2v) is 8.61. The van der Waals surface area contributed by atoms with E-state index < -0.39 is 46.5 Å². The minimum Gasteiger partial charge on any atom is -0.378 e. The van der Waals surface area contributed by atoms with Crippen molar-refractivity contribution in [2.45, 2.75) is 19.3 Å². The number of anilines is 2. The summed E-state index contributed by atoms with van der Waals surface area (Å²) in [7, 11) is 0. The molecular weight excluding hydrogens is 520 g/mol. The van der Waals surface area contributed by atoms with Crippen molar-refractivity contribution in [1.29, 1.82) is 0 Å². The molecule has 5 rings (SSSR count). The van der Waals surface area contributed by atoms with Gasteiger partial charge in [-0.05, 0) is 48.9 Å². The molecule has 0 amide bonds. The van der Waals surface area contributed by atoms with Gasteiger partial charge in [-0.3, -0.25) is 0 Å². The van der Waals surface area contributed by atoms with Gasteiger partial charge in [0.1, 0.15) is 17.5 Å². The maximum atomic E-state index is 14.4. The van der Waals surface area contributed by atoms with E-state index in [1.807, 2.05) is 0 Å². The molecule has 0 saturated carbocycles. The van der Waals surface area contributed by atoms with Crippen LogP contribution in [0.4, 0.5) is 46.6 Å². The number of halogens is 8. The maximum absolute atomic E-state index is 14.4. The van der Waals surface area contributed by atoms with E-state index in [4.69, 9.17) is 0 Å². The highest BCUT2D eigenvalue weighted by Crippen LogP contribution is 2.41. The minimum absolute atomic E-state index is 0.00508. The molecule has 4 aromatic rings. The Labute approximate surface area is 210 Å². The van der Waals surface area contributed by atoms with Crippen molar-refractivity contribution in [1.82, 2.24) is 9.97 Å². The summed E-state index contributed by atoms with van der Waals surface area (Å²) in [6.45, 7) is 1.87. The van der Waals surface area contributed by atoms with Crippen molar-refractivity contribution in [3.05, 3.63) is 88.5 Å². The van der Waals surface area contributed by atoms with Gasteiger partial charge in [-0.1, -0.05) is 12.1 Å². The predicted molar refractivity (Wildman–Crippen MR) is 126 cm³/mol. The predicted octanol–water partition coefficient (Wildman–Crippen LogP) is 7.88. The molecule has 0 bridgehead atoms. The first-order valence-electron chi connectivity index (χ1n) is 11.1. The smallest absolute Gasteiger partial charge is 0.378 e. The van der Waals surface area contributed by atoms with Gasteiger partial charge >= 0.3 is 12.4 Å². The third-order valence-electron chi connectivity index (χ3n) is 6.02. The van der Waals surface area contributed by atoms with Gasteiger partial charge in [0.05, 0.1) is 22.3 Å². The quantitative estimate of drug-likeness (QED) is 0.262. The van der Waals surface area contributed by atoms with Crippen molar-refractivity contribution < 1.29 is 35.1 Å². The lowest BCUT2D eigenvalue weighted by Gasteiger charge is -2.25. The average molecular weight is 536 g/mol. The van der Waals surface area contributed by atoms with Crippen molar-refractivity contribution in [3.63, 3.8) is 0 Å². The highest BCUT2D eigenvalue weighted by Gasteiger charge is 2.39. The molecule has 4 nitrogen and oxygen atoms in total. The monoisotopic (exact) mass is 536 g/mol. The van der Waals surface area contributed by atoms with Gasteiger partial charge in [0.2, 0.25) is 0 Å². The fraction of sp³-hybridized carbons (Fsp3) is 0.154. The Balaban J connectivity index is 1.70. The number of hydrogen-bond acceptors (Lipinski definition) is 4. The number of hydrogen-bond donors (Lipinski definition) is 2. The Hall–Kier alpha value is -4.22. The normalized spacial score (nSPS) is 13.9. The number of fused-ring (bicyclic) bond motifs is 2. The third-order valence-corrected chi connectivity index (χ3v) is 6.02. The minimum atomic E-state index is -5.14. The zero-order valence-electron chi connectivity index (χ0n) is 19.3. The lowest BCUT2D eigenvalue weighted by molar-refractivity contribution is -0.142. The van der Waals surface area contributed by atoms with E-state index in [0.717, 1.165) is 6.07 Å². The number of benzene rings is 3. The number of nitrogens with one attached hydrogen (secondary N) is 2. The SMILES string of the molecule is CC1=C(Nc2nc(-c3ccc(C(F)(F)F)cc3C(F)(F)F)nc3ccccc23)c2cc(F)cc(F)c2NC1. The summed E-state index contributed by atoms with van der Waals surface area (Å²) >= 11 is 0. The number of rotatable bonds is 3. The van der Waals surface area contributed by atoms with Crippen LogP contribution >= 0.6 is 0 Å². The van der Waals surface area contributed by atoms with Crippen molar-refractivity contribution in [3.8, 4) is 11.4 Å². The molecule has 2 heterocycles. The molecule has 1 aliphatic heterocycles. The van der Waals surface area contributed by atoms with Gasteiger partial charge in [0.25, 0.3) is 0 Å². The zero-order valence-corrected chi connectivity index (χ0v) is 19.3. The molecule has 1 aromatic heterocycles. The summed E-state index contributed by atoms with van der Waals surface area (Å²) in [5.41, 5.74) is -2.42. The fourth-order valence-corrected chi connectivity index (χ4v) is 4.22. The first-order valence-corrected chi connectivity index (χ1v) is 11.1. The average Bonchev–Trinajstić information content (AvgIpc) is 2.84. The topological polar surface area (TPSA) is 49.8 Å². The van der Waals surface area contributed by atoms with E-state index in [0.29, 0.717) is 29.2 Å². The summed E-state index contributed by atoms with van der Waals surface area (Å²) in [4.78, 5) is 8.41. The van der Waals surface area contributed by atoms with Crippen molar-refractivity contribution in [2.75, 3.05) is 17.2 Å². The van der Waals surface area contributed by atoms with Crippen LogP contribution in [-0.4, -0.2) is 16.5 Å². The molecule has 0 atom stereocenters. The Morgan fingerprint density at radius 1 is 0.842 bits per heavy atom. The van der Waals surface area contributed by atoms with Gasteiger partial charge in [0.15, 0.2) is 5.82 Å². The van der Waals surface area contributed by atoms with Gasteiger partial charge in [-0.2, -0.15) is 26.3 Å². The Bertz CT molecular complexity index is 1610. The zero-order chi connectivity index (χ0) is 27.4. The molecule has 0 radical (unpaired) electrons. The highest BCUT2D eigenvalue weighted by molar-refractivity contribution is 5.97. The largest absolute Gasteiger partial charge is 0.417 e. The summed E-state index contributed by atoms with van der Waals surface area (Å²) in [5.74, 6) is -2.15. The lowest BCUT2D eigenvalue weighted by atomic mass is 10.00. The van der Waals surface area contributed by atoms with Gasteiger partial charge < -0.3 is 10.6 Å². The Morgan fingerprint density at radius 3 is 2.29 bits per heavy atom. The highest BCUT2D eigenvalue weighted by atomic mass is 19.4. The van der Waals surface area contributed by atoms with E-state index in [1.165, 1.54) is 6.07 Å². The number of para-hydroxylation sites is 1. The fourth-order valence-electron chi connectivity index (χ4n) is 4.22. The Morgan fingerprint density at radius 2 is 1.58 bits per heavy atom. The van der Waals surface area contributed by atoms with Crippen LogP contribution < -0.4 is 10.6 Å². The van der Waals surface area contributed by atoms with E-state index in [9.17, 15) is 35.1 Å². The summed E-state index contributed by atoms with van der Waals surface area (Å²) < 4.78 is 110. The molecule has 196 valence electrons. The van der Waals surface area contributed by atoms with E-state index in [-0.39, 0.29) is 40.9 Å². The first kappa shape index (κ1) is 25.4. The van der Waals surface area contributed by atoms with Gasteiger partial charge in [-0.25, -0.2) is 18.7 Å². The first-order chi connectivity index (χ1) is 17.8. The van der Waals surface area contributed by atoms with Gasteiger partial charge in [0, 0.05) is 34.8 Å². The molecular formula is C26H16F8N4. The molecule has 0 unspecified atom stereocenters. The molecule has 12 heteroatoms. The number of alkyl halides is 6. The van der Waals surface area contributed by atoms with Crippen LogP contribution in [-0.2, 0) is 12.4 Å². The Kier molecular flexibility index (Phi) is 6.00. The number of aromatic nitrogens is 2. The molecule has 0 saturated heterocycles. The van der Waals surface area contributed by atoms with E-state index in [2.05, 4.69) is 20.6 Å². The second kappa shape index (κ2) is 8.96. The lowest BCUT2D eigenvalue weighted by Crippen LogP contribution is -2.19. The van der Waals surface area contributed by atoms with E-state index >= 15 is 0 Å². The molecule has 1 aliphatic rings. The van der Waals surface area contributed by atoms with Crippen molar-refractivity contribution >= 4 is 28.1 Å². The summed E-state index contributed by atoms with van der Waals surface area (Å²) in [6.07, 6.45) is -10.1. The van der Waals surface area contributed by atoms with Crippen LogP contribution in [0.1, 0.15) is 23.6 Å². The maximum Gasteiger partial charge on any atom is 0.417 e. The molecule has 38 heavy (non-hydrogen) atoms. The molecule has 2 N–H and O–H groups in total. The second-order valence-electron chi connectivity index (χ2n) is 8.61. The van der Waals surface area contributed by atoms with Crippen LogP contribution in [0.25, 0.3) is 28.0 Å².